The van der Waals surface area contributed by atoms with Gasteiger partial charge in [0.2, 0.25) is 15.6 Å². The molecule has 0 unspecified atom stereocenters. The van der Waals surface area contributed by atoms with Gasteiger partial charge in [0.15, 0.2) is 0 Å². The van der Waals surface area contributed by atoms with Gasteiger partial charge in [0, 0.05) is 11.8 Å². The van der Waals surface area contributed by atoms with Crippen LogP contribution in [0.15, 0.2) is 52.2 Å². The molecule has 0 saturated carbocycles. The van der Waals surface area contributed by atoms with Gasteiger partial charge in [0.05, 0.1) is 4.90 Å². The molecule has 8 heteroatoms. The number of sulfonamides is 1. The first kappa shape index (κ1) is 14.0. The van der Waals surface area contributed by atoms with Gasteiger partial charge in [0.25, 0.3) is 5.91 Å². The zero-order chi connectivity index (χ0) is 14.8. The van der Waals surface area contributed by atoms with Crippen LogP contribution in [0.5, 0.6) is 0 Å². The number of H-pyrrole nitrogens is 1. The molecule has 1 heterocycles. The van der Waals surface area contributed by atoms with Crippen LogP contribution in [0, 0.1) is 0 Å². The lowest BCUT2D eigenvalue weighted by molar-refractivity contribution is 0.102. The van der Waals surface area contributed by atoms with Crippen molar-refractivity contribution >= 4 is 21.6 Å². The van der Waals surface area contributed by atoms with Crippen LogP contribution in [0.4, 0.5) is 5.69 Å². The third-order valence-electron chi connectivity index (χ3n) is 2.43. The van der Waals surface area contributed by atoms with Crippen molar-refractivity contribution in [3.63, 3.8) is 0 Å². The summed E-state index contributed by atoms with van der Waals surface area (Å²) in [6.07, 6.45) is 0. The molecule has 2 aromatic rings. The first-order valence-electron chi connectivity index (χ1n) is 5.50. The highest BCUT2D eigenvalue weighted by molar-refractivity contribution is 7.89. The number of nitrogens with two attached hydrogens (primary N) is 1. The van der Waals surface area contributed by atoms with Crippen molar-refractivity contribution in [3.05, 3.63) is 58.5 Å². The van der Waals surface area contributed by atoms with Gasteiger partial charge in [0.1, 0.15) is 5.69 Å². The number of carbonyl (C=O) groups excluding carboxylic acids is 1. The maximum atomic E-state index is 11.9. The van der Waals surface area contributed by atoms with E-state index >= 15 is 0 Å². The lowest BCUT2D eigenvalue weighted by Gasteiger charge is -2.06. The molecule has 20 heavy (non-hydrogen) atoms. The van der Waals surface area contributed by atoms with E-state index in [1.807, 2.05) is 0 Å². The minimum atomic E-state index is -3.84. The summed E-state index contributed by atoms with van der Waals surface area (Å²) < 4.78 is 22.4. The number of primary sulfonamides is 1. The normalized spacial score (nSPS) is 11.1. The van der Waals surface area contributed by atoms with Crippen LogP contribution in [0.1, 0.15) is 10.5 Å². The van der Waals surface area contributed by atoms with Crippen molar-refractivity contribution in [2.75, 3.05) is 5.32 Å². The van der Waals surface area contributed by atoms with E-state index < -0.39 is 21.5 Å². The van der Waals surface area contributed by atoms with Crippen molar-refractivity contribution in [1.82, 2.24) is 4.98 Å². The number of anilines is 1. The highest BCUT2D eigenvalue weighted by Crippen LogP contribution is 2.14. The Kier molecular flexibility index (Phi) is 3.68. The van der Waals surface area contributed by atoms with Crippen LogP contribution in [-0.4, -0.2) is 19.3 Å². The number of aromatic nitrogens is 1. The van der Waals surface area contributed by atoms with E-state index in [4.69, 9.17) is 5.14 Å². The van der Waals surface area contributed by atoms with E-state index in [1.165, 1.54) is 42.5 Å². The maximum Gasteiger partial charge on any atom is 0.272 e. The van der Waals surface area contributed by atoms with Crippen LogP contribution in [-0.2, 0) is 10.0 Å². The molecule has 0 radical (unpaired) electrons. The summed E-state index contributed by atoms with van der Waals surface area (Å²) in [5.74, 6) is -0.561. The van der Waals surface area contributed by atoms with Gasteiger partial charge in [-0.15, -0.1) is 0 Å². The average molecular weight is 293 g/mol. The van der Waals surface area contributed by atoms with Crippen LogP contribution >= 0.6 is 0 Å². The van der Waals surface area contributed by atoms with Gasteiger partial charge >= 0.3 is 0 Å². The molecule has 7 nitrogen and oxygen atoms in total. The summed E-state index contributed by atoms with van der Waals surface area (Å²) in [4.78, 5) is 25.2. The Morgan fingerprint density at radius 3 is 2.50 bits per heavy atom. The van der Waals surface area contributed by atoms with Gasteiger partial charge in [-0.2, -0.15) is 0 Å². The number of rotatable bonds is 3. The minimum absolute atomic E-state index is 0.0681. The highest BCUT2D eigenvalue weighted by Gasteiger charge is 2.10. The molecule has 0 bridgehead atoms. The van der Waals surface area contributed by atoms with E-state index in [2.05, 4.69) is 10.3 Å². The van der Waals surface area contributed by atoms with Crippen molar-refractivity contribution < 1.29 is 13.2 Å². The molecular weight excluding hydrogens is 282 g/mol. The van der Waals surface area contributed by atoms with E-state index in [-0.39, 0.29) is 16.3 Å². The van der Waals surface area contributed by atoms with E-state index in [9.17, 15) is 18.0 Å². The topological polar surface area (TPSA) is 122 Å². The van der Waals surface area contributed by atoms with Crippen molar-refractivity contribution in [2.45, 2.75) is 4.90 Å². The Hall–Kier alpha value is -2.45. The highest BCUT2D eigenvalue weighted by atomic mass is 32.2. The maximum absolute atomic E-state index is 11.9. The van der Waals surface area contributed by atoms with Crippen LogP contribution < -0.4 is 16.0 Å². The van der Waals surface area contributed by atoms with Crippen molar-refractivity contribution in [2.24, 2.45) is 5.14 Å². The second kappa shape index (κ2) is 5.27. The molecule has 2 rings (SSSR count). The molecule has 1 aromatic carbocycles. The Balaban J connectivity index is 2.27. The summed E-state index contributed by atoms with van der Waals surface area (Å²) in [6, 6.07) is 9.65. The van der Waals surface area contributed by atoms with Crippen LogP contribution in [0.25, 0.3) is 0 Å². The molecule has 0 aliphatic carbocycles. The van der Waals surface area contributed by atoms with Gasteiger partial charge in [-0.25, -0.2) is 13.6 Å². The number of aromatic amines is 1. The Bertz CT molecular complexity index is 811. The third-order valence-corrected chi connectivity index (χ3v) is 3.34. The molecule has 0 fully saturated rings. The number of amides is 1. The molecule has 0 atom stereocenters. The van der Waals surface area contributed by atoms with E-state index in [1.54, 1.807) is 0 Å². The molecule has 0 aliphatic heterocycles. The largest absolute Gasteiger partial charge is 0.321 e. The van der Waals surface area contributed by atoms with Gasteiger partial charge in [-0.1, -0.05) is 12.1 Å². The Morgan fingerprint density at radius 1 is 1.15 bits per heavy atom. The quantitative estimate of drug-likeness (QED) is 0.752. The lowest BCUT2D eigenvalue weighted by atomic mass is 10.3. The summed E-state index contributed by atoms with van der Waals surface area (Å²) in [5, 5.41) is 7.47. The average Bonchev–Trinajstić information content (AvgIpc) is 2.38. The predicted molar refractivity (Wildman–Crippen MR) is 72.8 cm³/mol. The molecule has 0 aliphatic rings. The molecule has 104 valence electrons. The molecule has 0 saturated heterocycles. The zero-order valence-corrected chi connectivity index (χ0v) is 11.0. The Morgan fingerprint density at radius 2 is 1.85 bits per heavy atom. The SMILES string of the molecule is NS(=O)(=O)c1cccc(NC(=O)c2cccc(=O)[nH]2)c1. The number of pyridine rings is 1. The fraction of sp³-hybridized carbons (Fsp3) is 0. The summed E-state index contributed by atoms with van der Waals surface area (Å²) in [7, 11) is -3.84. The third kappa shape index (κ3) is 3.31. The first-order valence-corrected chi connectivity index (χ1v) is 7.04. The number of hydrogen-bond acceptors (Lipinski definition) is 4. The van der Waals surface area contributed by atoms with Gasteiger partial charge < -0.3 is 10.3 Å². The van der Waals surface area contributed by atoms with E-state index in [0.717, 1.165) is 0 Å². The second-order valence-electron chi connectivity index (χ2n) is 3.96. The summed E-state index contributed by atoms with van der Waals surface area (Å²) in [6.45, 7) is 0. The van der Waals surface area contributed by atoms with Crippen LogP contribution in [0.3, 0.4) is 0 Å². The van der Waals surface area contributed by atoms with Gasteiger partial charge in [-0.05, 0) is 24.3 Å². The predicted octanol–water partition coefficient (Wildman–Crippen LogP) is 0.275. The van der Waals surface area contributed by atoms with Gasteiger partial charge in [-0.3, -0.25) is 9.59 Å². The Labute approximate surface area is 114 Å². The first-order chi connectivity index (χ1) is 9.36. The molecule has 0 spiro atoms. The molecular formula is C12H11N3O4S. The fourth-order valence-electron chi connectivity index (χ4n) is 1.53. The fourth-order valence-corrected chi connectivity index (χ4v) is 2.09. The number of nitrogens with one attached hydrogen (secondary N) is 2. The summed E-state index contributed by atoms with van der Waals surface area (Å²) in [5.41, 5.74) is -0.0827. The monoisotopic (exact) mass is 293 g/mol. The smallest absolute Gasteiger partial charge is 0.272 e. The molecule has 1 amide bonds. The number of hydrogen-bond donors (Lipinski definition) is 3. The van der Waals surface area contributed by atoms with Crippen molar-refractivity contribution in [3.8, 4) is 0 Å². The molecule has 1 aromatic heterocycles. The number of benzene rings is 1. The molecule has 4 N–H and O–H groups in total. The van der Waals surface area contributed by atoms with Crippen molar-refractivity contribution in [1.29, 1.82) is 0 Å². The lowest BCUT2D eigenvalue weighted by Crippen LogP contribution is -2.18. The second-order valence-corrected chi connectivity index (χ2v) is 5.52. The number of carbonyl (C=O) groups is 1. The zero-order valence-electron chi connectivity index (χ0n) is 10.2. The van der Waals surface area contributed by atoms with E-state index in [0.29, 0.717) is 0 Å². The standard InChI is InChI=1S/C12H11N3O4S/c13-20(18,19)9-4-1-3-8(7-9)14-12(17)10-5-2-6-11(16)15-10/h1-7H,(H,14,17)(H,15,16)(H2,13,18,19). The van der Waals surface area contributed by atoms with Crippen LogP contribution in [0.2, 0.25) is 0 Å². The summed E-state index contributed by atoms with van der Waals surface area (Å²) >= 11 is 0. The minimum Gasteiger partial charge on any atom is -0.321 e.